The maximum absolute atomic E-state index is 12.5. The van der Waals surface area contributed by atoms with E-state index in [1.807, 2.05) is 19.1 Å². The summed E-state index contributed by atoms with van der Waals surface area (Å²) in [5, 5.41) is 2.49. The van der Waals surface area contributed by atoms with Crippen LogP contribution in [0.5, 0.6) is 0 Å². The Morgan fingerprint density at radius 2 is 1.56 bits per heavy atom. The third-order valence-electron chi connectivity index (χ3n) is 3.52. The Hall–Kier alpha value is -2.83. The molecule has 0 atom stereocenters. The predicted molar refractivity (Wildman–Crippen MR) is 89.3 cm³/mol. The molecule has 0 aliphatic carbocycles. The van der Waals surface area contributed by atoms with Gasteiger partial charge in [-0.3, -0.25) is 9.59 Å². The fourth-order valence-electron chi connectivity index (χ4n) is 2.20. The van der Waals surface area contributed by atoms with Crippen LogP contribution in [0.25, 0.3) is 0 Å². The molecular weight excluding hydrogens is 333 g/mol. The topological polar surface area (TPSA) is 49.4 Å². The van der Waals surface area contributed by atoms with E-state index >= 15 is 0 Å². The van der Waals surface area contributed by atoms with Gasteiger partial charge in [0.25, 0.3) is 0 Å². The number of hydrogen-bond acceptors (Lipinski definition) is 2. The zero-order valence-corrected chi connectivity index (χ0v) is 13.7. The molecular formula is C18H17F3N2O2. The first-order valence-electron chi connectivity index (χ1n) is 7.48. The minimum atomic E-state index is -4.43. The number of hydrogen-bond donors (Lipinski definition) is 1. The Bertz CT molecular complexity index is 753. The van der Waals surface area contributed by atoms with Crippen LogP contribution in [0.3, 0.4) is 0 Å². The molecule has 132 valence electrons. The molecule has 0 saturated carbocycles. The number of rotatable bonds is 4. The van der Waals surface area contributed by atoms with E-state index in [1.165, 1.54) is 24.0 Å². The molecule has 2 amide bonds. The van der Waals surface area contributed by atoms with Gasteiger partial charge in [0, 0.05) is 18.3 Å². The first-order chi connectivity index (χ1) is 11.7. The van der Waals surface area contributed by atoms with Crippen LogP contribution in [0.1, 0.15) is 18.1 Å². The molecule has 0 fully saturated rings. The molecule has 0 saturated heterocycles. The van der Waals surface area contributed by atoms with Crippen LogP contribution in [0.2, 0.25) is 0 Å². The molecule has 2 rings (SSSR count). The van der Waals surface area contributed by atoms with Gasteiger partial charge in [-0.15, -0.1) is 0 Å². The van der Waals surface area contributed by atoms with Crippen molar-refractivity contribution in [3.8, 4) is 0 Å². The molecule has 0 aliphatic rings. The first kappa shape index (κ1) is 18.5. The summed E-state index contributed by atoms with van der Waals surface area (Å²) in [4.78, 5) is 25.2. The number of carbonyl (C=O) groups excluding carboxylic acids is 2. The number of nitrogens with one attached hydrogen (secondary N) is 1. The van der Waals surface area contributed by atoms with Crippen LogP contribution < -0.4 is 10.2 Å². The van der Waals surface area contributed by atoms with Crippen LogP contribution in [0, 0.1) is 6.92 Å². The highest BCUT2D eigenvalue weighted by atomic mass is 19.4. The zero-order chi connectivity index (χ0) is 18.6. The smallest absolute Gasteiger partial charge is 0.325 e. The summed E-state index contributed by atoms with van der Waals surface area (Å²) in [6, 6.07) is 11.2. The van der Waals surface area contributed by atoms with Crippen LogP contribution in [-0.2, 0) is 15.8 Å². The average molecular weight is 350 g/mol. The minimum Gasteiger partial charge on any atom is -0.325 e. The highest BCUT2D eigenvalue weighted by molar-refractivity contribution is 6.01. The van der Waals surface area contributed by atoms with E-state index in [1.54, 1.807) is 12.1 Å². The van der Waals surface area contributed by atoms with Gasteiger partial charge >= 0.3 is 6.18 Å². The number of aryl methyl sites for hydroxylation is 1. The third kappa shape index (κ3) is 5.07. The Kier molecular flexibility index (Phi) is 5.46. The quantitative estimate of drug-likeness (QED) is 0.906. The molecule has 0 aromatic heterocycles. The second-order valence-corrected chi connectivity index (χ2v) is 5.56. The van der Waals surface area contributed by atoms with Crippen molar-refractivity contribution in [2.45, 2.75) is 20.0 Å². The van der Waals surface area contributed by atoms with Gasteiger partial charge in [0.05, 0.1) is 5.56 Å². The Morgan fingerprint density at radius 3 is 2.04 bits per heavy atom. The average Bonchev–Trinajstić information content (AvgIpc) is 2.53. The molecule has 0 heterocycles. The molecule has 4 nitrogen and oxygen atoms in total. The highest BCUT2D eigenvalue weighted by Gasteiger charge is 2.30. The number of anilines is 2. The predicted octanol–water partition coefficient (Wildman–Crippen LogP) is 4.01. The number of carbonyl (C=O) groups is 2. The van der Waals surface area contributed by atoms with Gasteiger partial charge < -0.3 is 10.2 Å². The van der Waals surface area contributed by atoms with Gasteiger partial charge in [-0.2, -0.15) is 13.2 Å². The largest absolute Gasteiger partial charge is 0.416 e. The third-order valence-corrected chi connectivity index (χ3v) is 3.52. The summed E-state index contributed by atoms with van der Waals surface area (Å²) in [6.45, 7) is 3.00. The lowest BCUT2D eigenvalue weighted by molar-refractivity contribution is -0.137. The molecule has 0 bridgehead atoms. The molecule has 0 aliphatic heterocycles. The van der Waals surface area contributed by atoms with Gasteiger partial charge in [-0.25, -0.2) is 0 Å². The number of nitrogens with zero attached hydrogens (tertiary/aromatic N) is 1. The van der Waals surface area contributed by atoms with Crippen LogP contribution in [0.15, 0.2) is 48.5 Å². The maximum Gasteiger partial charge on any atom is 0.416 e. The summed E-state index contributed by atoms with van der Waals surface area (Å²) in [6.07, 6.45) is -4.43. The maximum atomic E-state index is 12.5. The second-order valence-electron chi connectivity index (χ2n) is 5.56. The SMILES string of the molecule is CC(=O)N(CC(=O)Nc1ccc(C(F)(F)F)cc1)c1ccc(C)cc1. The molecule has 25 heavy (non-hydrogen) atoms. The summed E-state index contributed by atoms with van der Waals surface area (Å²) in [5.74, 6) is -0.818. The van der Waals surface area contributed by atoms with Crippen molar-refractivity contribution >= 4 is 23.2 Å². The van der Waals surface area contributed by atoms with Gasteiger partial charge in [0.15, 0.2) is 0 Å². The minimum absolute atomic E-state index is 0.227. The van der Waals surface area contributed by atoms with Crippen molar-refractivity contribution in [1.29, 1.82) is 0 Å². The number of halogens is 3. The van der Waals surface area contributed by atoms with E-state index in [9.17, 15) is 22.8 Å². The zero-order valence-electron chi connectivity index (χ0n) is 13.7. The molecule has 2 aromatic carbocycles. The Balaban J connectivity index is 2.06. The lowest BCUT2D eigenvalue weighted by Gasteiger charge is -2.21. The lowest BCUT2D eigenvalue weighted by Crippen LogP contribution is -2.36. The van der Waals surface area contributed by atoms with E-state index in [4.69, 9.17) is 0 Å². The van der Waals surface area contributed by atoms with Crippen molar-refractivity contribution in [3.63, 3.8) is 0 Å². The molecule has 0 unspecified atom stereocenters. The van der Waals surface area contributed by atoms with Crippen molar-refractivity contribution in [2.75, 3.05) is 16.8 Å². The number of amides is 2. The van der Waals surface area contributed by atoms with Gasteiger partial charge in [-0.1, -0.05) is 17.7 Å². The normalized spacial score (nSPS) is 11.1. The fraction of sp³-hybridized carbons (Fsp3) is 0.222. The lowest BCUT2D eigenvalue weighted by atomic mass is 10.2. The molecule has 0 spiro atoms. The van der Waals surface area contributed by atoms with Gasteiger partial charge in [0.1, 0.15) is 6.54 Å². The van der Waals surface area contributed by atoms with E-state index in [-0.39, 0.29) is 18.1 Å². The van der Waals surface area contributed by atoms with E-state index < -0.39 is 17.6 Å². The van der Waals surface area contributed by atoms with Crippen molar-refractivity contribution in [3.05, 3.63) is 59.7 Å². The first-order valence-corrected chi connectivity index (χ1v) is 7.48. The second kappa shape index (κ2) is 7.38. The van der Waals surface area contributed by atoms with E-state index in [0.29, 0.717) is 5.69 Å². The van der Waals surface area contributed by atoms with Gasteiger partial charge in [-0.05, 0) is 43.3 Å². The van der Waals surface area contributed by atoms with Crippen LogP contribution >= 0.6 is 0 Å². The van der Waals surface area contributed by atoms with Crippen molar-refractivity contribution < 1.29 is 22.8 Å². The van der Waals surface area contributed by atoms with Crippen LogP contribution in [-0.4, -0.2) is 18.4 Å². The highest BCUT2D eigenvalue weighted by Crippen LogP contribution is 2.29. The van der Waals surface area contributed by atoms with Crippen LogP contribution in [0.4, 0.5) is 24.5 Å². The van der Waals surface area contributed by atoms with E-state index in [2.05, 4.69) is 5.32 Å². The Labute approximate surface area is 143 Å². The van der Waals surface area contributed by atoms with Gasteiger partial charge in [0.2, 0.25) is 11.8 Å². The summed E-state index contributed by atoms with van der Waals surface area (Å²) in [5.41, 5.74) is 1.02. The van der Waals surface area contributed by atoms with E-state index in [0.717, 1.165) is 17.7 Å². The van der Waals surface area contributed by atoms with Crippen molar-refractivity contribution in [1.82, 2.24) is 0 Å². The number of benzene rings is 2. The monoisotopic (exact) mass is 350 g/mol. The molecule has 7 heteroatoms. The molecule has 2 aromatic rings. The summed E-state index contributed by atoms with van der Waals surface area (Å²) >= 11 is 0. The standard InChI is InChI=1S/C18H17F3N2O2/c1-12-3-9-16(10-4-12)23(13(2)24)11-17(25)22-15-7-5-14(6-8-15)18(19,20)21/h3-10H,11H2,1-2H3,(H,22,25). The Morgan fingerprint density at radius 1 is 1.00 bits per heavy atom. The molecule has 0 radical (unpaired) electrons. The fourth-order valence-corrected chi connectivity index (χ4v) is 2.20. The summed E-state index contributed by atoms with van der Waals surface area (Å²) in [7, 11) is 0. The molecule has 1 N–H and O–H groups in total. The summed E-state index contributed by atoms with van der Waals surface area (Å²) < 4.78 is 37.6. The van der Waals surface area contributed by atoms with Crippen molar-refractivity contribution in [2.24, 2.45) is 0 Å². The number of alkyl halides is 3.